The van der Waals surface area contributed by atoms with Gasteiger partial charge in [-0.1, -0.05) is 26.2 Å². The fourth-order valence-corrected chi connectivity index (χ4v) is 5.90. The minimum Gasteiger partial charge on any atom is -0.491 e. The van der Waals surface area contributed by atoms with Crippen molar-refractivity contribution in [3.05, 3.63) is 40.3 Å². The Morgan fingerprint density at radius 3 is 2.70 bits per heavy atom. The van der Waals surface area contributed by atoms with Crippen LogP contribution in [-0.2, 0) is 16.1 Å². The van der Waals surface area contributed by atoms with Crippen molar-refractivity contribution in [1.29, 1.82) is 0 Å². The molecule has 1 saturated carbocycles. The molecule has 0 unspecified atom stereocenters. The van der Waals surface area contributed by atoms with Gasteiger partial charge in [-0.15, -0.1) is 11.3 Å². The van der Waals surface area contributed by atoms with Crippen molar-refractivity contribution in [2.45, 2.75) is 64.6 Å². The molecule has 0 bridgehead atoms. The Morgan fingerprint density at radius 2 is 2.00 bits per heavy atom. The fraction of sp³-hybridized carbons (Fsp3) is 0.607. The van der Waals surface area contributed by atoms with E-state index in [2.05, 4.69) is 29.0 Å². The second-order valence-corrected chi connectivity index (χ2v) is 11.5. The maximum atomic E-state index is 13.6. The number of hydrogen-bond donors (Lipinski definition) is 1. The molecule has 0 saturated heterocycles. The molecule has 1 aliphatic carbocycles. The summed E-state index contributed by atoms with van der Waals surface area (Å²) in [6, 6.07) is 5.48. The highest BCUT2D eigenvalue weighted by Gasteiger charge is 2.29. The van der Waals surface area contributed by atoms with Gasteiger partial charge in [-0.25, -0.2) is 4.98 Å². The summed E-state index contributed by atoms with van der Waals surface area (Å²) in [6.07, 6.45) is 6.94. The SMILES string of the molecule is CO[C@@H]1CN(C)C(=O)c2cc(NC(=O)C3CCCCC3)ccc2OC[C@@H](C)N(Cc2nccs2)C[C@H]1C. The highest BCUT2D eigenvalue weighted by molar-refractivity contribution is 7.09. The number of nitrogens with zero attached hydrogens (tertiary/aromatic N) is 3. The van der Waals surface area contributed by atoms with E-state index in [-0.39, 0.29) is 35.8 Å². The second-order valence-electron chi connectivity index (χ2n) is 10.5. The molecule has 1 aliphatic heterocycles. The molecule has 3 atom stereocenters. The first-order valence-electron chi connectivity index (χ1n) is 13.3. The van der Waals surface area contributed by atoms with Crippen LogP contribution in [0.25, 0.3) is 0 Å². The van der Waals surface area contributed by atoms with E-state index in [1.807, 2.05) is 17.6 Å². The van der Waals surface area contributed by atoms with Crippen LogP contribution in [0, 0.1) is 11.8 Å². The molecule has 1 aromatic carbocycles. The number of carbonyl (C=O) groups excluding carboxylic acids is 2. The van der Waals surface area contributed by atoms with Crippen molar-refractivity contribution in [3.8, 4) is 5.75 Å². The number of hydrogen-bond acceptors (Lipinski definition) is 7. The number of carbonyl (C=O) groups is 2. The Hall–Kier alpha value is -2.49. The van der Waals surface area contributed by atoms with E-state index in [0.29, 0.717) is 30.2 Å². The number of aromatic nitrogens is 1. The summed E-state index contributed by atoms with van der Waals surface area (Å²) in [7, 11) is 3.50. The molecule has 2 aromatic rings. The Balaban J connectivity index is 1.59. The average molecular weight is 529 g/mol. The molecule has 2 amide bonds. The molecule has 0 radical (unpaired) electrons. The molecule has 2 heterocycles. The first kappa shape index (κ1) is 27.5. The molecular formula is C28H40N4O4S. The summed E-state index contributed by atoms with van der Waals surface area (Å²) in [5.74, 6) is 0.636. The van der Waals surface area contributed by atoms with Gasteiger partial charge in [0.15, 0.2) is 0 Å². The van der Waals surface area contributed by atoms with E-state index < -0.39 is 0 Å². The third kappa shape index (κ3) is 7.09. The zero-order valence-corrected chi connectivity index (χ0v) is 23.3. The van der Waals surface area contributed by atoms with Crippen LogP contribution >= 0.6 is 11.3 Å². The number of methoxy groups -OCH3 is 1. The van der Waals surface area contributed by atoms with Crippen molar-refractivity contribution in [2.24, 2.45) is 11.8 Å². The number of likely N-dealkylation sites (N-methyl/N-ethyl adjacent to an activating group) is 1. The Morgan fingerprint density at radius 1 is 1.22 bits per heavy atom. The molecule has 1 aromatic heterocycles. The van der Waals surface area contributed by atoms with E-state index in [1.54, 1.807) is 42.5 Å². The third-order valence-corrected chi connectivity index (χ3v) is 8.40. The standard InChI is InChI=1S/C28H40N4O4S/c1-19-15-32(17-26-29-12-13-37-26)20(2)18-36-24-11-10-22(30-27(33)21-8-6-5-7-9-21)14-23(24)28(34)31(3)16-25(19)35-4/h10-14,19-21,25H,5-9,15-18H2,1-4H3,(H,30,33)/t19-,20-,25-/m1/s1. The number of anilines is 1. The van der Waals surface area contributed by atoms with Gasteiger partial charge in [0, 0.05) is 56.5 Å². The summed E-state index contributed by atoms with van der Waals surface area (Å²) in [5.41, 5.74) is 1.08. The molecule has 4 rings (SSSR count). The van der Waals surface area contributed by atoms with Crippen LogP contribution in [0.5, 0.6) is 5.75 Å². The number of fused-ring (bicyclic) bond motifs is 1. The van der Waals surface area contributed by atoms with Crippen molar-refractivity contribution in [3.63, 3.8) is 0 Å². The van der Waals surface area contributed by atoms with Gasteiger partial charge in [0.25, 0.3) is 5.91 Å². The van der Waals surface area contributed by atoms with Crippen LogP contribution in [0.1, 0.15) is 61.3 Å². The lowest BCUT2D eigenvalue weighted by Crippen LogP contribution is -2.46. The first-order chi connectivity index (χ1) is 17.9. The summed E-state index contributed by atoms with van der Waals surface area (Å²) in [4.78, 5) is 35.0. The first-order valence-corrected chi connectivity index (χ1v) is 14.2. The number of nitrogens with one attached hydrogen (secondary N) is 1. The summed E-state index contributed by atoms with van der Waals surface area (Å²) >= 11 is 1.65. The van der Waals surface area contributed by atoms with Gasteiger partial charge < -0.3 is 19.7 Å². The number of amides is 2. The molecule has 1 N–H and O–H groups in total. The highest BCUT2D eigenvalue weighted by atomic mass is 32.1. The smallest absolute Gasteiger partial charge is 0.257 e. The molecule has 9 heteroatoms. The van der Waals surface area contributed by atoms with Gasteiger partial charge in [0.1, 0.15) is 17.4 Å². The Kier molecular flexibility index (Phi) is 9.56. The second kappa shape index (κ2) is 12.8. The van der Waals surface area contributed by atoms with E-state index in [1.165, 1.54) is 6.42 Å². The minimum absolute atomic E-state index is 0.0363. The molecule has 202 valence electrons. The van der Waals surface area contributed by atoms with E-state index >= 15 is 0 Å². The zero-order valence-electron chi connectivity index (χ0n) is 22.4. The topological polar surface area (TPSA) is 84.0 Å². The maximum Gasteiger partial charge on any atom is 0.257 e. The molecule has 37 heavy (non-hydrogen) atoms. The van der Waals surface area contributed by atoms with Crippen LogP contribution < -0.4 is 10.1 Å². The van der Waals surface area contributed by atoms with Crippen LogP contribution in [0.4, 0.5) is 5.69 Å². The third-order valence-electron chi connectivity index (χ3n) is 7.64. The van der Waals surface area contributed by atoms with Crippen LogP contribution in [0.3, 0.4) is 0 Å². The van der Waals surface area contributed by atoms with Gasteiger partial charge in [-0.3, -0.25) is 14.5 Å². The average Bonchev–Trinajstić information content (AvgIpc) is 3.42. The predicted octanol–water partition coefficient (Wildman–Crippen LogP) is 4.67. The van der Waals surface area contributed by atoms with Crippen molar-refractivity contribution in [1.82, 2.24) is 14.8 Å². The van der Waals surface area contributed by atoms with Gasteiger partial charge in [0.2, 0.25) is 5.91 Å². The Labute approximate surface area is 224 Å². The zero-order chi connectivity index (χ0) is 26.4. The molecular weight excluding hydrogens is 488 g/mol. The molecule has 2 aliphatic rings. The lowest BCUT2D eigenvalue weighted by Gasteiger charge is -2.35. The van der Waals surface area contributed by atoms with E-state index in [0.717, 1.165) is 43.8 Å². The Bertz CT molecular complexity index is 1040. The minimum atomic E-state index is -0.147. The largest absolute Gasteiger partial charge is 0.491 e. The van der Waals surface area contributed by atoms with E-state index in [4.69, 9.17) is 9.47 Å². The van der Waals surface area contributed by atoms with Crippen LogP contribution in [0.2, 0.25) is 0 Å². The number of benzene rings is 1. The van der Waals surface area contributed by atoms with Gasteiger partial charge in [0.05, 0.1) is 18.2 Å². The summed E-state index contributed by atoms with van der Waals surface area (Å²) < 4.78 is 12.1. The maximum absolute atomic E-state index is 13.6. The highest BCUT2D eigenvalue weighted by Crippen LogP contribution is 2.29. The fourth-order valence-electron chi connectivity index (χ4n) is 5.26. The van der Waals surface area contributed by atoms with Gasteiger partial charge in [-0.05, 0) is 43.9 Å². The molecule has 1 fully saturated rings. The van der Waals surface area contributed by atoms with Crippen LogP contribution in [-0.4, -0.2) is 72.6 Å². The normalized spacial score (nSPS) is 24.5. The monoisotopic (exact) mass is 528 g/mol. The quantitative estimate of drug-likeness (QED) is 0.607. The number of rotatable bonds is 5. The number of ether oxygens (including phenoxy) is 2. The number of thiazole rings is 1. The molecule has 0 spiro atoms. The summed E-state index contributed by atoms with van der Waals surface area (Å²) in [5, 5.41) is 6.10. The molecule has 8 nitrogen and oxygen atoms in total. The lowest BCUT2D eigenvalue weighted by molar-refractivity contribution is -0.120. The van der Waals surface area contributed by atoms with Crippen LogP contribution in [0.15, 0.2) is 29.8 Å². The lowest BCUT2D eigenvalue weighted by atomic mass is 9.88. The predicted molar refractivity (Wildman–Crippen MR) is 146 cm³/mol. The van der Waals surface area contributed by atoms with Crippen molar-refractivity contribution >= 4 is 28.8 Å². The van der Waals surface area contributed by atoms with Crippen molar-refractivity contribution < 1.29 is 19.1 Å². The summed E-state index contributed by atoms with van der Waals surface area (Å²) in [6.45, 7) is 6.70. The van der Waals surface area contributed by atoms with Gasteiger partial charge >= 0.3 is 0 Å². The van der Waals surface area contributed by atoms with Crippen molar-refractivity contribution in [2.75, 3.05) is 39.2 Å². The van der Waals surface area contributed by atoms with Gasteiger partial charge in [-0.2, -0.15) is 0 Å². The van der Waals surface area contributed by atoms with E-state index in [9.17, 15) is 9.59 Å².